The van der Waals surface area contributed by atoms with Gasteiger partial charge in [0.1, 0.15) is 0 Å². The molecule has 0 aliphatic carbocycles. The molecule has 0 unspecified atom stereocenters. The summed E-state index contributed by atoms with van der Waals surface area (Å²) in [6.07, 6.45) is 1.35. The van der Waals surface area contributed by atoms with Crippen molar-refractivity contribution in [2.24, 2.45) is 0 Å². The number of likely N-dealkylation sites (N-methyl/N-ethyl adjacent to an activating group) is 1. The van der Waals surface area contributed by atoms with Crippen molar-refractivity contribution in [3.63, 3.8) is 0 Å². The van der Waals surface area contributed by atoms with Crippen molar-refractivity contribution in [2.75, 3.05) is 18.5 Å². The summed E-state index contributed by atoms with van der Waals surface area (Å²) in [5.74, 6) is -0.408. The van der Waals surface area contributed by atoms with Crippen LogP contribution in [-0.2, 0) is 26.0 Å². The standard InChI is InChI=1S/C19H29N3O4S/c1-7-19(4,5)20-18(24)12-21(6)27(25,26)16-8-9-17-15(11-16)10-13(2)22(17)14(3)23/h8-9,11,13H,7,10,12H2,1-6H3,(H,20,24)/t13-/m0/s1. The first-order chi connectivity index (χ1) is 12.4. The molecule has 1 N–H and O–H groups in total. The molecule has 0 radical (unpaired) electrons. The Labute approximate surface area is 161 Å². The van der Waals surface area contributed by atoms with Gasteiger partial charge in [-0.3, -0.25) is 9.59 Å². The molecule has 0 aromatic heterocycles. The molecule has 0 saturated heterocycles. The van der Waals surface area contributed by atoms with Crippen LogP contribution in [0, 0.1) is 0 Å². The largest absolute Gasteiger partial charge is 0.350 e. The van der Waals surface area contributed by atoms with Gasteiger partial charge in [0.25, 0.3) is 0 Å². The van der Waals surface area contributed by atoms with Crippen LogP contribution in [0.15, 0.2) is 23.1 Å². The lowest BCUT2D eigenvalue weighted by atomic mass is 10.0. The minimum atomic E-state index is -3.80. The minimum absolute atomic E-state index is 0.00441. The van der Waals surface area contributed by atoms with Crippen molar-refractivity contribution in [3.05, 3.63) is 23.8 Å². The molecule has 0 saturated carbocycles. The fourth-order valence-electron chi connectivity index (χ4n) is 3.22. The van der Waals surface area contributed by atoms with Crippen LogP contribution in [0.3, 0.4) is 0 Å². The number of carbonyl (C=O) groups excluding carboxylic acids is 2. The molecule has 1 atom stereocenters. The molecule has 1 aliphatic heterocycles. The average Bonchev–Trinajstić information content (AvgIpc) is 2.88. The summed E-state index contributed by atoms with van der Waals surface area (Å²) in [4.78, 5) is 25.8. The van der Waals surface area contributed by atoms with E-state index in [1.165, 1.54) is 20.0 Å². The van der Waals surface area contributed by atoms with Crippen LogP contribution in [-0.4, -0.2) is 49.7 Å². The number of anilines is 1. The molecule has 7 nitrogen and oxygen atoms in total. The lowest BCUT2D eigenvalue weighted by Gasteiger charge is -2.26. The number of sulfonamides is 1. The zero-order valence-corrected chi connectivity index (χ0v) is 17.7. The highest BCUT2D eigenvalue weighted by Gasteiger charge is 2.31. The smallest absolute Gasteiger partial charge is 0.243 e. The van der Waals surface area contributed by atoms with Crippen LogP contribution in [0.5, 0.6) is 0 Å². The minimum Gasteiger partial charge on any atom is -0.350 e. The van der Waals surface area contributed by atoms with E-state index >= 15 is 0 Å². The number of hydrogen-bond acceptors (Lipinski definition) is 4. The van der Waals surface area contributed by atoms with Gasteiger partial charge < -0.3 is 10.2 Å². The molecule has 27 heavy (non-hydrogen) atoms. The molecule has 0 fully saturated rings. The van der Waals surface area contributed by atoms with Gasteiger partial charge in [-0.15, -0.1) is 0 Å². The maximum atomic E-state index is 12.9. The summed E-state index contributed by atoms with van der Waals surface area (Å²) in [5, 5.41) is 2.84. The van der Waals surface area contributed by atoms with Crippen LogP contribution >= 0.6 is 0 Å². The molecule has 1 heterocycles. The van der Waals surface area contributed by atoms with Crippen molar-refractivity contribution in [1.82, 2.24) is 9.62 Å². The zero-order valence-electron chi connectivity index (χ0n) is 16.9. The monoisotopic (exact) mass is 395 g/mol. The Kier molecular flexibility index (Phi) is 6.01. The van der Waals surface area contributed by atoms with Gasteiger partial charge in [0.15, 0.2) is 0 Å². The maximum Gasteiger partial charge on any atom is 0.243 e. The number of amides is 2. The van der Waals surface area contributed by atoms with Gasteiger partial charge in [0.05, 0.1) is 11.4 Å². The summed E-state index contributed by atoms with van der Waals surface area (Å²) in [6, 6.07) is 4.76. The van der Waals surface area contributed by atoms with Gasteiger partial charge in [0, 0.05) is 31.2 Å². The second-order valence-electron chi connectivity index (χ2n) is 7.78. The topological polar surface area (TPSA) is 86.8 Å². The van der Waals surface area contributed by atoms with E-state index in [0.29, 0.717) is 6.42 Å². The average molecular weight is 396 g/mol. The van der Waals surface area contributed by atoms with Gasteiger partial charge in [-0.1, -0.05) is 6.92 Å². The van der Waals surface area contributed by atoms with E-state index < -0.39 is 10.0 Å². The molecule has 2 amide bonds. The molecular weight excluding hydrogens is 366 g/mol. The Balaban J connectivity index is 2.21. The summed E-state index contributed by atoms with van der Waals surface area (Å²) in [5.41, 5.74) is 1.18. The predicted molar refractivity (Wildman–Crippen MR) is 105 cm³/mol. The van der Waals surface area contributed by atoms with Gasteiger partial charge in [-0.05, 0) is 57.4 Å². The molecule has 2 rings (SSSR count). The maximum absolute atomic E-state index is 12.9. The van der Waals surface area contributed by atoms with Gasteiger partial charge in [-0.25, -0.2) is 8.42 Å². The quantitative estimate of drug-likeness (QED) is 0.797. The Morgan fingerprint density at radius 3 is 2.52 bits per heavy atom. The van der Waals surface area contributed by atoms with Crippen LogP contribution < -0.4 is 10.2 Å². The van der Waals surface area contributed by atoms with Crippen molar-refractivity contribution in [2.45, 2.75) is 63.9 Å². The van der Waals surface area contributed by atoms with E-state index in [2.05, 4.69) is 5.32 Å². The molecule has 0 spiro atoms. The number of hydrogen-bond donors (Lipinski definition) is 1. The second-order valence-corrected chi connectivity index (χ2v) is 9.82. The molecule has 1 aromatic carbocycles. The van der Waals surface area contributed by atoms with Crippen molar-refractivity contribution in [3.8, 4) is 0 Å². The number of fused-ring (bicyclic) bond motifs is 1. The van der Waals surface area contributed by atoms with Crippen LogP contribution in [0.1, 0.15) is 46.6 Å². The highest BCUT2D eigenvalue weighted by Crippen LogP contribution is 2.34. The van der Waals surface area contributed by atoms with Crippen molar-refractivity contribution in [1.29, 1.82) is 0 Å². The number of carbonyl (C=O) groups is 2. The van der Waals surface area contributed by atoms with Crippen LogP contribution in [0.2, 0.25) is 0 Å². The van der Waals surface area contributed by atoms with E-state index in [1.54, 1.807) is 17.0 Å². The van der Waals surface area contributed by atoms with Gasteiger partial charge in [0.2, 0.25) is 21.8 Å². The first-order valence-corrected chi connectivity index (χ1v) is 10.5. The number of rotatable bonds is 6. The normalized spacial score (nSPS) is 17.1. The number of nitrogens with zero attached hydrogens (tertiary/aromatic N) is 2. The van der Waals surface area contributed by atoms with E-state index in [0.717, 1.165) is 22.0 Å². The Bertz CT molecular complexity index is 849. The highest BCUT2D eigenvalue weighted by molar-refractivity contribution is 7.89. The molecular formula is C19H29N3O4S. The molecule has 150 valence electrons. The second kappa shape index (κ2) is 7.59. The van der Waals surface area contributed by atoms with E-state index in [9.17, 15) is 18.0 Å². The third kappa shape index (κ3) is 4.50. The molecule has 0 bridgehead atoms. The predicted octanol–water partition coefficient (Wildman–Crippen LogP) is 1.91. The Morgan fingerprint density at radius 1 is 1.33 bits per heavy atom. The summed E-state index contributed by atoms with van der Waals surface area (Å²) in [7, 11) is -2.41. The first-order valence-electron chi connectivity index (χ1n) is 9.09. The SMILES string of the molecule is CCC(C)(C)NC(=O)CN(C)S(=O)(=O)c1ccc2c(c1)C[C@H](C)N2C(C)=O. The molecule has 8 heteroatoms. The van der Waals surface area contributed by atoms with Gasteiger partial charge in [-0.2, -0.15) is 4.31 Å². The zero-order chi connectivity index (χ0) is 20.6. The van der Waals surface area contributed by atoms with Crippen molar-refractivity contribution >= 4 is 27.5 Å². The van der Waals surface area contributed by atoms with Crippen molar-refractivity contribution < 1.29 is 18.0 Å². The number of benzene rings is 1. The Hall–Kier alpha value is -1.93. The summed E-state index contributed by atoms with van der Waals surface area (Å²) >= 11 is 0. The van der Waals surface area contributed by atoms with Crippen LogP contribution in [0.4, 0.5) is 5.69 Å². The lowest BCUT2D eigenvalue weighted by Crippen LogP contribution is -2.47. The number of nitrogens with one attached hydrogen (secondary N) is 1. The third-order valence-electron chi connectivity index (χ3n) is 5.04. The first kappa shape index (κ1) is 21.4. The Morgan fingerprint density at radius 2 is 1.96 bits per heavy atom. The third-order valence-corrected chi connectivity index (χ3v) is 6.84. The molecule has 1 aromatic rings. The summed E-state index contributed by atoms with van der Waals surface area (Å²) in [6.45, 7) is 8.92. The van der Waals surface area contributed by atoms with E-state index in [4.69, 9.17) is 0 Å². The van der Waals surface area contributed by atoms with Gasteiger partial charge >= 0.3 is 0 Å². The van der Waals surface area contributed by atoms with Crippen LogP contribution in [0.25, 0.3) is 0 Å². The summed E-state index contributed by atoms with van der Waals surface area (Å²) < 4.78 is 26.8. The van der Waals surface area contributed by atoms with E-state index in [1.807, 2.05) is 27.7 Å². The fourth-order valence-corrected chi connectivity index (χ4v) is 4.40. The fraction of sp³-hybridized carbons (Fsp3) is 0.579. The highest BCUT2D eigenvalue weighted by atomic mass is 32.2. The molecule has 1 aliphatic rings. The lowest BCUT2D eigenvalue weighted by molar-refractivity contribution is -0.122. The van der Waals surface area contributed by atoms with E-state index in [-0.39, 0.29) is 34.8 Å².